The molecule has 1 aromatic carbocycles. The smallest absolute Gasteiger partial charge is 0.330 e. The number of nitrogen functional groups attached to an aromatic ring is 1. The van der Waals surface area contributed by atoms with Gasteiger partial charge in [0.2, 0.25) is 0 Å². The molecule has 0 unspecified atom stereocenters. The van der Waals surface area contributed by atoms with E-state index in [2.05, 4.69) is 10.3 Å². The second-order valence-electron chi connectivity index (χ2n) is 5.91. The molecule has 2 rings (SSSR count). The zero-order valence-electron chi connectivity index (χ0n) is 15.1. The number of H-pyrrole nitrogens is 1. The molecule has 4 N–H and O–H groups in total. The molecule has 140 valence electrons. The minimum Gasteiger partial charge on any atom is -0.383 e. The fourth-order valence-electron chi connectivity index (χ4n) is 2.64. The highest BCUT2D eigenvalue weighted by Crippen LogP contribution is 2.20. The molecule has 26 heavy (non-hydrogen) atoms. The fraction of sp³-hybridized carbons (Fsp3) is 0.389. The van der Waals surface area contributed by atoms with Crippen molar-refractivity contribution in [1.82, 2.24) is 14.9 Å². The molecule has 2 aromatic rings. The van der Waals surface area contributed by atoms with Crippen LogP contribution in [0.25, 0.3) is 0 Å². The van der Waals surface area contributed by atoms with Gasteiger partial charge in [-0.2, -0.15) is 0 Å². The van der Waals surface area contributed by atoms with Crippen molar-refractivity contribution in [2.24, 2.45) is 0 Å². The maximum Gasteiger partial charge on any atom is 0.330 e. The molecular formula is C18H25N5O2S. The number of benzene rings is 1. The summed E-state index contributed by atoms with van der Waals surface area (Å²) < 4.78 is 1.40. The van der Waals surface area contributed by atoms with Gasteiger partial charge in [-0.1, -0.05) is 43.7 Å². The molecule has 0 saturated carbocycles. The van der Waals surface area contributed by atoms with E-state index in [0.29, 0.717) is 24.7 Å². The Balaban J connectivity index is 2.54. The summed E-state index contributed by atoms with van der Waals surface area (Å²) in [4.78, 5) is 28.7. The second-order valence-corrected chi connectivity index (χ2v) is 6.29. The number of unbranched alkanes of at least 4 members (excludes halogenated alkanes) is 1. The third-order valence-corrected chi connectivity index (χ3v) is 4.34. The highest BCUT2D eigenvalue weighted by Gasteiger charge is 2.22. The van der Waals surface area contributed by atoms with Crippen LogP contribution in [-0.4, -0.2) is 21.2 Å². The standard InChI is InChI=1S/C18H25N5O2S/c1-3-5-11-22-15(19)14(16(24)21-17(22)25)23(18(26)20-4-2)12-13-9-7-6-8-10-13/h6-10H,3-5,11-12,19H2,1-2H3,(H,20,26)(H,21,24,25). The van der Waals surface area contributed by atoms with Gasteiger partial charge in [-0.15, -0.1) is 0 Å². The van der Waals surface area contributed by atoms with Crippen molar-refractivity contribution in [3.63, 3.8) is 0 Å². The van der Waals surface area contributed by atoms with E-state index in [1.807, 2.05) is 44.2 Å². The lowest BCUT2D eigenvalue weighted by atomic mass is 10.2. The Hall–Kier alpha value is -2.61. The summed E-state index contributed by atoms with van der Waals surface area (Å²) in [5.74, 6) is 0.128. The van der Waals surface area contributed by atoms with Gasteiger partial charge in [0.05, 0.1) is 6.54 Å². The van der Waals surface area contributed by atoms with Crippen LogP contribution >= 0.6 is 12.2 Å². The first-order chi connectivity index (χ1) is 12.5. The first kappa shape index (κ1) is 19.7. The Morgan fingerprint density at radius 2 is 1.96 bits per heavy atom. The predicted molar refractivity (Wildman–Crippen MR) is 110 cm³/mol. The first-order valence-corrected chi connectivity index (χ1v) is 9.12. The van der Waals surface area contributed by atoms with E-state index >= 15 is 0 Å². The third kappa shape index (κ3) is 4.51. The van der Waals surface area contributed by atoms with E-state index in [1.165, 1.54) is 4.57 Å². The number of hydrogen-bond acceptors (Lipinski definition) is 4. The van der Waals surface area contributed by atoms with Gasteiger partial charge in [-0.25, -0.2) is 4.79 Å². The molecule has 1 aromatic heterocycles. The van der Waals surface area contributed by atoms with E-state index in [4.69, 9.17) is 18.0 Å². The lowest BCUT2D eigenvalue weighted by molar-refractivity contribution is 0.604. The largest absolute Gasteiger partial charge is 0.383 e. The van der Waals surface area contributed by atoms with Gasteiger partial charge in [-0.05, 0) is 31.1 Å². The van der Waals surface area contributed by atoms with Crippen LogP contribution in [0.3, 0.4) is 0 Å². The number of thiocarbonyl (C=S) groups is 1. The number of hydrogen-bond donors (Lipinski definition) is 3. The highest BCUT2D eigenvalue weighted by molar-refractivity contribution is 7.80. The zero-order valence-corrected chi connectivity index (χ0v) is 15.9. The SMILES string of the molecule is CCCCn1c(N)c(N(Cc2ccccc2)C(=S)NCC)c(=O)[nH]c1=O. The number of nitrogens with one attached hydrogen (secondary N) is 2. The van der Waals surface area contributed by atoms with Crippen molar-refractivity contribution in [2.45, 2.75) is 39.8 Å². The lowest BCUT2D eigenvalue weighted by Crippen LogP contribution is -2.45. The van der Waals surface area contributed by atoms with Crippen LogP contribution in [-0.2, 0) is 13.1 Å². The molecule has 0 aliphatic carbocycles. The number of anilines is 2. The molecule has 7 nitrogen and oxygen atoms in total. The van der Waals surface area contributed by atoms with E-state index < -0.39 is 11.2 Å². The minimum absolute atomic E-state index is 0.128. The molecule has 0 spiro atoms. The van der Waals surface area contributed by atoms with E-state index in [1.54, 1.807) is 4.90 Å². The quantitative estimate of drug-likeness (QED) is 0.639. The van der Waals surface area contributed by atoms with Crippen LogP contribution in [0.1, 0.15) is 32.3 Å². The van der Waals surface area contributed by atoms with Gasteiger partial charge in [0.1, 0.15) is 5.82 Å². The molecule has 1 heterocycles. The van der Waals surface area contributed by atoms with Gasteiger partial charge < -0.3 is 16.0 Å². The average molecular weight is 375 g/mol. The van der Waals surface area contributed by atoms with Crippen LogP contribution in [0.5, 0.6) is 0 Å². The lowest BCUT2D eigenvalue weighted by Gasteiger charge is -2.27. The van der Waals surface area contributed by atoms with Crippen LogP contribution < -0.4 is 27.2 Å². The maximum absolute atomic E-state index is 12.5. The molecule has 0 radical (unpaired) electrons. The zero-order chi connectivity index (χ0) is 19.1. The van der Waals surface area contributed by atoms with Gasteiger partial charge >= 0.3 is 5.69 Å². The minimum atomic E-state index is -0.545. The number of aromatic nitrogens is 2. The first-order valence-electron chi connectivity index (χ1n) is 8.71. The summed E-state index contributed by atoms with van der Waals surface area (Å²) in [5, 5.41) is 3.44. The molecular weight excluding hydrogens is 350 g/mol. The van der Waals surface area contributed by atoms with E-state index in [0.717, 1.165) is 18.4 Å². The summed E-state index contributed by atoms with van der Waals surface area (Å²) in [6, 6.07) is 9.64. The van der Waals surface area contributed by atoms with Crippen molar-refractivity contribution >= 4 is 28.8 Å². The molecule has 0 atom stereocenters. The third-order valence-electron chi connectivity index (χ3n) is 3.98. The van der Waals surface area contributed by atoms with Gasteiger partial charge in [0.15, 0.2) is 10.8 Å². The fourth-order valence-corrected chi connectivity index (χ4v) is 2.94. The van der Waals surface area contributed by atoms with Crippen LogP contribution in [0.15, 0.2) is 39.9 Å². The maximum atomic E-state index is 12.5. The monoisotopic (exact) mass is 375 g/mol. The summed E-state index contributed by atoms with van der Waals surface area (Å²) in [7, 11) is 0. The number of rotatable bonds is 7. The van der Waals surface area contributed by atoms with E-state index in [9.17, 15) is 9.59 Å². The number of aromatic amines is 1. The molecule has 0 aliphatic rings. The Morgan fingerprint density at radius 1 is 1.27 bits per heavy atom. The molecule has 0 amide bonds. The normalized spacial score (nSPS) is 10.5. The summed E-state index contributed by atoms with van der Waals surface area (Å²) in [6.07, 6.45) is 1.69. The molecule has 8 heteroatoms. The van der Waals surface area contributed by atoms with Crippen LogP contribution in [0.4, 0.5) is 11.5 Å². The van der Waals surface area contributed by atoms with Gasteiger partial charge in [0.25, 0.3) is 5.56 Å². The summed E-state index contributed by atoms with van der Waals surface area (Å²) in [5.41, 5.74) is 6.34. The van der Waals surface area contributed by atoms with Crippen molar-refractivity contribution < 1.29 is 0 Å². The Morgan fingerprint density at radius 3 is 2.58 bits per heavy atom. The predicted octanol–water partition coefficient (Wildman–Crippen LogP) is 1.82. The van der Waals surface area contributed by atoms with Crippen molar-refractivity contribution in [1.29, 1.82) is 0 Å². The van der Waals surface area contributed by atoms with Crippen molar-refractivity contribution in [3.05, 3.63) is 56.7 Å². The van der Waals surface area contributed by atoms with Gasteiger partial charge in [0, 0.05) is 13.1 Å². The topological polar surface area (TPSA) is 96.2 Å². The Bertz CT molecular complexity index is 860. The molecule has 0 aliphatic heterocycles. The summed E-state index contributed by atoms with van der Waals surface area (Å²) >= 11 is 5.46. The van der Waals surface area contributed by atoms with Crippen molar-refractivity contribution in [2.75, 3.05) is 17.2 Å². The summed E-state index contributed by atoms with van der Waals surface area (Å²) in [6.45, 7) is 5.36. The highest BCUT2D eigenvalue weighted by atomic mass is 32.1. The molecule has 0 saturated heterocycles. The van der Waals surface area contributed by atoms with Crippen molar-refractivity contribution in [3.8, 4) is 0 Å². The molecule has 0 fully saturated rings. The second kappa shape index (κ2) is 9.19. The van der Waals surface area contributed by atoms with Gasteiger partial charge in [-0.3, -0.25) is 14.3 Å². The number of nitrogens with zero attached hydrogens (tertiary/aromatic N) is 2. The Labute approximate surface area is 157 Å². The molecule has 0 bridgehead atoms. The van der Waals surface area contributed by atoms with Crippen LogP contribution in [0.2, 0.25) is 0 Å². The van der Waals surface area contributed by atoms with E-state index in [-0.39, 0.29) is 11.5 Å². The Kier molecular flexibility index (Phi) is 6.97. The van der Waals surface area contributed by atoms with Crippen LogP contribution in [0, 0.1) is 0 Å². The average Bonchev–Trinajstić information content (AvgIpc) is 2.61. The number of nitrogens with two attached hydrogens (primary N) is 1.